The number of ether oxygens (including phenoxy) is 1. The standard InChI is InChI=1S/C21H24N4O2S/c1-25(2)10-11-28-20-12-17(18-13-22-23-14-18)8-9-19(20)24-21(26)27-15-16-6-4-3-5-7-16/h3-9,12-14H,10-11,15H2,1-2H3,(H,22,23)(H,24,26). The summed E-state index contributed by atoms with van der Waals surface area (Å²) in [5.41, 5.74) is 3.75. The van der Waals surface area contributed by atoms with Gasteiger partial charge >= 0.3 is 6.09 Å². The Kier molecular flexibility index (Phi) is 7.11. The van der Waals surface area contributed by atoms with Crippen LogP contribution >= 0.6 is 11.8 Å². The molecule has 0 bridgehead atoms. The third kappa shape index (κ3) is 5.87. The first-order valence-electron chi connectivity index (χ1n) is 9.00. The van der Waals surface area contributed by atoms with E-state index in [1.807, 2.05) is 62.8 Å². The van der Waals surface area contributed by atoms with Gasteiger partial charge in [-0.3, -0.25) is 10.4 Å². The summed E-state index contributed by atoms with van der Waals surface area (Å²) in [4.78, 5) is 15.4. The maximum absolute atomic E-state index is 12.3. The van der Waals surface area contributed by atoms with Crippen LogP contribution in [0.15, 0.2) is 65.8 Å². The zero-order valence-corrected chi connectivity index (χ0v) is 16.8. The van der Waals surface area contributed by atoms with Crippen molar-refractivity contribution in [3.63, 3.8) is 0 Å². The van der Waals surface area contributed by atoms with Crippen LogP contribution in [0, 0.1) is 0 Å². The first kappa shape index (κ1) is 20.0. The van der Waals surface area contributed by atoms with Crippen LogP contribution in [0.2, 0.25) is 0 Å². The zero-order chi connectivity index (χ0) is 19.8. The number of aromatic nitrogens is 2. The molecule has 0 aliphatic carbocycles. The lowest BCUT2D eigenvalue weighted by atomic mass is 10.1. The van der Waals surface area contributed by atoms with Crippen molar-refractivity contribution in [2.45, 2.75) is 11.5 Å². The smallest absolute Gasteiger partial charge is 0.411 e. The Hall–Kier alpha value is -2.77. The Morgan fingerprint density at radius 3 is 2.71 bits per heavy atom. The quantitative estimate of drug-likeness (QED) is 0.550. The summed E-state index contributed by atoms with van der Waals surface area (Å²) in [7, 11) is 4.09. The van der Waals surface area contributed by atoms with Crippen molar-refractivity contribution in [2.24, 2.45) is 0 Å². The minimum Gasteiger partial charge on any atom is -0.444 e. The third-order valence-corrected chi connectivity index (χ3v) is 5.09. The Balaban J connectivity index is 1.69. The molecule has 0 aliphatic rings. The van der Waals surface area contributed by atoms with Crippen LogP contribution in [0.25, 0.3) is 11.1 Å². The summed E-state index contributed by atoms with van der Waals surface area (Å²) < 4.78 is 5.35. The second-order valence-corrected chi connectivity index (χ2v) is 7.67. The van der Waals surface area contributed by atoms with E-state index >= 15 is 0 Å². The molecule has 0 radical (unpaired) electrons. The van der Waals surface area contributed by atoms with Crippen molar-refractivity contribution in [3.8, 4) is 11.1 Å². The van der Waals surface area contributed by atoms with Crippen LogP contribution in [0.5, 0.6) is 0 Å². The van der Waals surface area contributed by atoms with E-state index in [2.05, 4.69) is 26.5 Å². The Morgan fingerprint density at radius 1 is 1.18 bits per heavy atom. The molecule has 0 aliphatic heterocycles. The van der Waals surface area contributed by atoms with E-state index < -0.39 is 6.09 Å². The molecule has 1 amide bonds. The molecule has 28 heavy (non-hydrogen) atoms. The average molecular weight is 397 g/mol. The minimum atomic E-state index is -0.464. The number of carbonyl (C=O) groups is 1. The van der Waals surface area contributed by atoms with E-state index in [4.69, 9.17) is 4.74 Å². The number of anilines is 1. The SMILES string of the molecule is CN(C)CCSc1cc(-c2cn[nH]c2)ccc1NC(=O)OCc1ccccc1. The number of amides is 1. The first-order chi connectivity index (χ1) is 13.6. The van der Waals surface area contributed by atoms with Gasteiger partial charge in [-0.1, -0.05) is 36.4 Å². The van der Waals surface area contributed by atoms with Gasteiger partial charge in [0, 0.05) is 29.0 Å². The summed E-state index contributed by atoms with van der Waals surface area (Å²) >= 11 is 1.70. The second-order valence-electron chi connectivity index (χ2n) is 6.54. The van der Waals surface area contributed by atoms with Crippen molar-refractivity contribution in [1.29, 1.82) is 0 Å². The lowest BCUT2D eigenvalue weighted by molar-refractivity contribution is 0.155. The number of nitrogens with zero attached hydrogens (tertiary/aromatic N) is 2. The van der Waals surface area contributed by atoms with Crippen molar-refractivity contribution in [3.05, 3.63) is 66.5 Å². The fourth-order valence-corrected chi connectivity index (χ4v) is 3.70. The van der Waals surface area contributed by atoms with Gasteiger partial charge in [0.2, 0.25) is 0 Å². The number of rotatable bonds is 8. The molecule has 7 heteroatoms. The van der Waals surface area contributed by atoms with Crippen molar-refractivity contribution >= 4 is 23.5 Å². The molecule has 1 aromatic heterocycles. The van der Waals surface area contributed by atoms with Crippen LogP contribution in [-0.4, -0.2) is 47.6 Å². The molecular weight excluding hydrogens is 372 g/mol. The molecule has 0 spiro atoms. The molecule has 146 valence electrons. The highest BCUT2D eigenvalue weighted by molar-refractivity contribution is 7.99. The Labute approximate surface area is 169 Å². The highest BCUT2D eigenvalue weighted by Gasteiger charge is 2.11. The van der Waals surface area contributed by atoms with E-state index in [0.29, 0.717) is 0 Å². The number of hydrogen-bond acceptors (Lipinski definition) is 5. The van der Waals surface area contributed by atoms with Gasteiger partial charge in [-0.15, -0.1) is 11.8 Å². The summed E-state index contributed by atoms with van der Waals surface area (Å²) in [6, 6.07) is 15.6. The van der Waals surface area contributed by atoms with Gasteiger partial charge in [-0.05, 0) is 37.4 Å². The maximum Gasteiger partial charge on any atom is 0.411 e. The number of carbonyl (C=O) groups excluding carboxylic acids is 1. The molecule has 6 nitrogen and oxygen atoms in total. The van der Waals surface area contributed by atoms with Gasteiger partial charge in [0.15, 0.2) is 0 Å². The van der Waals surface area contributed by atoms with Gasteiger partial charge in [-0.25, -0.2) is 4.79 Å². The number of benzene rings is 2. The van der Waals surface area contributed by atoms with Crippen molar-refractivity contribution in [1.82, 2.24) is 15.1 Å². The van der Waals surface area contributed by atoms with E-state index in [9.17, 15) is 4.79 Å². The summed E-state index contributed by atoms with van der Waals surface area (Å²) in [6.07, 6.45) is 3.17. The van der Waals surface area contributed by atoms with E-state index in [1.54, 1.807) is 18.0 Å². The van der Waals surface area contributed by atoms with Crippen LogP contribution in [0.3, 0.4) is 0 Å². The fourth-order valence-electron chi connectivity index (χ4n) is 2.54. The minimum absolute atomic E-state index is 0.239. The molecule has 0 atom stereocenters. The highest BCUT2D eigenvalue weighted by atomic mass is 32.2. The summed E-state index contributed by atoms with van der Waals surface area (Å²) in [6.45, 7) is 1.18. The molecule has 0 fully saturated rings. The van der Waals surface area contributed by atoms with Gasteiger partial charge in [0.1, 0.15) is 6.61 Å². The predicted octanol–water partition coefficient (Wildman–Crippen LogP) is 4.48. The van der Waals surface area contributed by atoms with Gasteiger partial charge in [0.25, 0.3) is 0 Å². The number of aromatic amines is 1. The Bertz CT molecular complexity index is 883. The monoisotopic (exact) mass is 396 g/mol. The molecule has 2 N–H and O–H groups in total. The molecule has 0 saturated carbocycles. The van der Waals surface area contributed by atoms with Gasteiger partial charge in [0.05, 0.1) is 11.9 Å². The van der Waals surface area contributed by atoms with Crippen LogP contribution in [-0.2, 0) is 11.3 Å². The van der Waals surface area contributed by atoms with Crippen LogP contribution in [0.1, 0.15) is 5.56 Å². The highest BCUT2D eigenvalue weighted by Crippen LogP contribution is 2.32. The van der Waals surface area contributed by atoms with E-state index in [0.717, 1.165) is 39.6 Å². The summed E-state index contributed by atoms with van der Waals surface area (Å²) in [5.74, 6) is 0.912. The van der Waals surface area contributed by atoms with Crippen LogP contribution in [0.4, 0.5) is 10.5 Å². The molecule has 0 saturated heterocycles. The largest absolute Gasteiger partial charge is 0.444 e. The lowest BCUT2D eigenvalue weighted by Crippen LogP contribution is -2.16. The zero-order valence-electron chi connectivity index (χ0n) is 16.0. The van der Waals surface area contributed by atoms with Crippen molar-refractivity contribution in [2.75, 3.05) is 31.7 Å². The van der Waals surface area contributed by atoms with Gasteiger partial charge < -0.3 is 9.64 Å². The molecule has 3 aromatic rings. The average Bonchev–Trinajstić information content (AvgIpc) is 3.23. The summed E-state index contributed by atoms with van der Waals surface area (Å²) in [5, 5.41) is 9.71. The predicted molar refractivity (Wildman–Crippen MR) is 114 cm³/mol. The van der Waals surface area contributed by atoms with Crippen LogP contribution < -0.4 is 5.32 Å². The number of H-pyrrole nitrogens is 1. The topological polar surface area (TPSA) is 70.2 Å². The van der Waals surface area contributed by atoms with E-state index in [1.165, 1.54) is 0 Å². The normalized spacial score (nSPS) is 10.8. The van der Waals surface area contributed by atoms with Gasteiger partial charge in [-0.2, -0.15) is 5.10 Å². The second kappa shape index (κ2) is 9.96. The lowest BCUT2D eigenvalue weighted by Gasteiger charge is -2.14. The Morgan fingerprint density at radius 2 is 2.00 bits per heavy atom. The number of hydrogen-bond donors (Lipinski definition) is 2. The van der Waals surface area contributed by atoms with E-state index in [-0.39, 0.29) is 6.61 Å². The molecule has 3 rings (SSSR count). The fraction of sp³-hybridized carbons (Fsp3) is 0.238. The third-order valence-electron chi connectivity index (χ3n) is 4.06. The number of nitrogens with one attached hydrogen (secondary N) is 2. The molecular formula is C21H24N4O2S. The molecule has 0 unspecified atom stereocenters. The first-order valence-corrected chi connectivity index (χ1v) is 9.99. The molecule has 2 aromatic carbocycles. The number of thioether (sulfide) groups is 1. The maximum atomic E-state index is 12.3. The molecule has 1 heterocycles. The van der Waals surface area contributed by atoms with Crippen molar-refractivity contribution < 1.29 is 9.53 Å².